The summed E-state index contributed by atoms with van der Waals surface area (Å²) >= 11 is 6.08. The minimum absolute atomic E-state index is 0.0184. The number of aliphatic imine (C=N–C) groups is 1. The maximum Gasteiger partial charge on any atom is 0.216 e. The molecule has 1 N–H and O–H groups in total. The first-order chi connectivity index (χ1) is 15.3. The molecule has 2 atom stereocenters. The highest BCUT2D eigenvalue weighted by molar-refractivity contribution is 6.44. The van der Waals surface area contributed by atoms with E-state index in [0.29, 0.717) is 29.1 Å². The second-order valence-corrected chi connectivity index (χ2v) is 8.06. The lowest BCUT2D eigenvalue weighted by Crippen LogP contribution is -2.29. The van der Waals surface area contributed by atoms with Crippen molar-refractivity contribution in [3.05, 3.63) is 40.2 Å². The van der Waals surface area contributed by atoms with Crippen LogP contribution in [0.4, 0.5) is 8.78 Å². The summed E-state index contributed by atoms with van der Waals surface area (Å²) in [5, 5.41) is 13.6. The first kappa shape index (κ1) is 22.3. The van der Waals surface area contributed by atoms with Crippen molar-refractivity contribution in [2.24, 2.45) is 4.99 Å². The van der Waals surface area contributed by atoms with Crippen molar-refractivity contribution in [2.75, 3.05) is 26.2 Å². The lowest BCUT2D eigenvalue weighted by atomic mass is 10.1. The third-order valence-corrected chi connectivity index (χ3v) is 5.89. The van der Waals surface area contributed by atoms with Gasteiger partial charge in [0.2, 0.25) is 11.8 Å². The van der Waals surface area contributed by atoms with Crippen molar-refractivity contribution in [3.63, 3.8) is 0 Å². The predicted octanol–water partition coefficient (Wildman–Crippen LogP) is 2.20. The average molecular weight is 466 g/mol. The Hall–Kier alpha value is -2.85. The van der Waals surface area contributed by atoms with E-state index in [1.54, 1.807) is 16.5 Å². The number of aromatic nitrogens is 3. The molecule has 0 aromatic carbocycles. The van der Waals surface area contributed by atoms with Crippen molar-refractivity contribution in [2.45, 2.75) is 32.7 Å². The van der Waals surface area contributed by atoms with Gasteiger partial charge in [-0.15, -0.1) is 0 Å². The number of carbonyl (C=O) groups is 1. The second kappa shape index (κ2) is 8.95. The molecule has 1 fully saturated rings. The first-order valence-corrected chi connectivity index (χ1v) is 10.5. The van der Waals surface area contributed by atoms with E-state index in [1.165, 1.54) is 18.3 Å². The van der Waals surface area contributed by atoms with Gasteiger partial charge in [0.25, 0.3) is 0 Å². The molecule has 8 nitrogen and oxygen atoms in total. The van der Waals surface area contributed by atoms with Gasteiger partial charge in [0.15, 0.2) is 18.1 Å². The Bertz CT molecular complexity index is 1120. The van der Waals surface area contributed by atoms with Crippen LogP contribution in [0.5, 0.6) is 5.88 Å². The summed E-state index contributed by atoms with van der Waals surface area (Å²) in [5.74, 6) is -1.16. The molecule has 11 heteroatoms. The molecule has 4 rings (SSSR count). The van der Waals surface area contributed by atoms with Crippen molar-refractivity contribution >= 4 is 23.6 Å². The lowest BCUT2D eigenvalue weighted by Gasteiger charge is -2.21. The van der Waals surface area contributed by atoms with Crippen LogP contribution in [-0.4, -0.2) is 75.3 Å². The number of allylic oxidation sites excluding steroid dienone is 1. The first-order valence-electron chi connectivity index (χ1n) is 10.1. The molecule has 0 unspecified atom stereocenters. The average Bonchev–Trinajstić information content (AvgIpc) is 3.22. The number of aliphatic hydroxyl groups excluding tert-OH is 1. The normalized spacial score (nSPS) is 21.1. The van der Waals surface area contributed by atoms with E-state index < -0.39 is 18.2 Å². The number of aryl methyl sites for hydroxylation is 1. The van der Waals surface area contributed by atoms with Crippen LogP contribution < -0.4 is 4.74 Å². The van der Waals surface area contributed by atoms with Crippen LogP contribution in [0.3, 0.4) is 0 Å². The smallest absolute Gasteiger partial charge is 0.216 e. The minimum Gasteiger partial charge on any atom is -0.469 e. The lowest BCUT2D eigenvalue weighted by molar-refractivity contribution is -0.113. The number of alkyl halides is 1. The van der Waals surface area contributed by atoms with E-state index in [4.69, 9.17) is 16.3 Å². The van der Waals surface area contributed by atoms with Crippen LogP contribution >= 0.6 is 11.6 Å². The highest BCUT2D eigenvalue weighted by Crippen LogP contribution is 2.31. The number of likely N-dealkylation sites (tertiary alicyclic amines) is 1. The Balaban J connectivity index is 1.57. The van der Waals surface area contributed by atoms with Crippen molar-refractivity contribution in [1.29, 1.82) is 0 Å². The fraction of sp³-hybridized carbons (Fsp3) is 0.429. The summed E-state index contributed by atoms with van der Waals surface area (Å²) in [7, 11) is 0. The molecular formula is C21H22ClF2N5O3. The molecule has 2 aliphatic heterocycles. The van der Waals surface area contributed by atoms with Gasteiger partial charge in [-0.25, -0.2) is 4.39 Å². The Kier molecular flexibility index (Phi) is 6.25. The quantitative estimate of drug-likeness (QED) is 0.657. The molecular weight excluding hydrogens is 444 g/mol. The Morgan fingerprint density at radius 3 is 2.84 bits per heavy atom. The molecule has 170 valence electrons. The molecule has 32 heavy (non-hydrogen) atoms. The van der Waals surface area contributed by atoms with Gasteiger partial charge in [-0.1, -0.05) is 11.6 Å². The van der Waals surface area contributed by atoms with Crippen LogP contribution in [0.25, 0.3) is 11.1 Å². The predicted molar refractivity (Wildman–Crippen MR) is 114 cm³/mol. The number of carbonyl (C=O) groups excluding carboxylic acids is 1. The van der Waals surface area contributed by atoms with Gasteiger partial charge in [0, 0.05) is 29.6 Å². The van der Waals surface area contributed by atoms with Crippen molar-refractivity contribution in [3.8, 4) is 17.0 Å². The number of halogens is 3. The zero-order valence-electron chi connectivity index (χ0n) is 17.6. The molecule has 2 aromatic heterocycles. The third kappa shape index (κ3) is 4.24. The van der Waals surface area contributed by atoms with E-state index in [1.807, 2.05) is 6.92 Å². The Labute approximate surface area is 188 Å². The van der Waals surface area contributed by atoms with Gasteiger partial charge >= 0.3 is 0 Å². The number of nitrogens with zero attached hydrogens (tertiary/aromatic N) is 5. The number of ether oxygens (including phenoxy) is 1. The van der Waals surface area contributed by atoms with E-state index in [2.05, 4.69) is 15.1 Å². The topological polar surface area (TPSA) is 92.8 Å². The Morgan fingerprint density at radius 2 is 2.09 bits per heavy atom. The monoisotopic (exact) mass is 465 g/mol. The largest absolute Gasteiger partial charge is 0.469 e. The van der Waals surface area contributed by atoms with Crippen LogP contribution in [0.15, 0.2) is 27.9 Å². The summed E-state index contributed by atoms with van der Waals surface area (Å²) in [6, 6.07) is 2.80. The van der Waals surface area contributed by atoms with Gasteiger partial charge in [-0.3, -0.25) is 14.5 Å². The number of Topliss-reactive ketones (excluding diaryl/α,β-unsaturated/α-hetero) is 1. The van der Waals surface area contributed by atoms with Crippen molar-refractivity contribution in [1.82, 2.24) is 19.7 Å². The highest BCUT2D eigenvalue weighted by Gasteiger charge is 2.37. The molecule has 1 saturated heterocycles. The molecule has 2 aromatic rings. The van der Waals surface area contributed by atoms with E-state index in [0.717, 1.165) is 5.69 Å². The number of aliphatic hydroxyl groups is 1. The zero-order chi connectivity index (χ0) is 23.0. The third-order valence-electron chi connectivity index (χ3n) is 5.48. The van der Waals surface area contributed by atoms with Gasteiger partial charge < -0.3 is 14.7 Å². The van der Waals surface area contributed by atoms with Crippen LogP contribution in [0, 0.1) is 19.8 Å². The zero-order valence-corrected chi connectivity index (χ0v) is 18.3. The van der Waals surface area contributed by atoms with Gasteiger partial charge in [0.1, 0.15) is 11.6 Å². The van der Waals surface area contributed by atoms with E-state index in [-0.39, 0.29) is 42.9 Å². The van der Waals surface area contributed by atoms with Crippen LogP contribution in [0.1, 0.15) is 11.4 Å². The Morgan fingerprint density at radius 1 is 1.31 bits per heavy atom. The summed E-state index contributed by atoms with van der Waals surface area (Å²) in [4.78, 5) is 21.1. The second-order valence-electron chi connectivity index (χ2n) is 7.68. The van der Waals surface area contributed by atoms with Crippen molar-refractivity contribution < 1.29 is 23.4 Å². The maximum absolute atomic E-state index is 14.7. The summed E-state index contributed by atoms with van der Waals surface area (Å²) < 4.78 is 36.4. The van der Waals surface area contributed by atoms with E-state index >= 15 is 0 Å². The SMILES string of the molecule is Cc1nn(CCO)c(C)c1-c1cc(F)nc(O[C@H]2CN(C3=C(Cl)C(=O)CN=C3)C[C@@H]2F)c1. The number of hydrogen-bond donors (Lipinski definition) is 1. The van der Waals surface area contributed by atoms with Gasteiger partial charge in [-0.05, 0) is 19.4 Å². The maximum atomic E-state index is 14.7. The van der Waals surface area contributed by atoms with Crippen LogP contribution in [-0.2, 0) is 11.3 Å². The fourth-order valence-corrected chi connectivity index (χ4v) is 4.23. The molecule has 0 aliphatic carbocycles. The molecule has 0 radical (unpaired) electrons. The van der Waals surface area contributed by atoms with Gasteiger partial charge in [-0.2, -0.15) is 14.5 Å². The van der Waals surface area contributed by atoms with Crippen LogP contribution in [0.2, 0.25) is 0 Å². The standard InChI is InChI=1S/C21H22ClF2N5O3/c1-11-20(12(2)29(27-11)3-4-30)13-5-18(24)26-19(6-13)32-17-10-28(9-14(17)23)15-7-25-8-16(31)21(15)22/h5-7,14,17,30H,3-4,8-10H2,1-2H3/t14-,17-/m0/s1. The number of ketones is 1. The minimum atomic E-state index is -1.40. The van der Waals surface area contributed by atoms with Gasteiger partial charge in [0.05, 0.1) is 37.6 Å². The number of dihydropyridines is 1. The molecule has 2 aliphatic rings. The number of hydrogen-bond acceptors (Lipinski definition) is 7. The van der Waals surface area contributed by atoms with E-state index in [9.17, 15) is 18.7 Å². The summed E-state index contributed by atoms with van der Waals surface area (Å²) in [5.41, 5.74) is 2.96. The summed E-state index contributed by atoms with van der Waals surface area (Å²) in [6.07, 6.45) is -0.881. The highest BCUT2D eigenvalue weighted by atomic mass is 35.5. The number of pyridine rings is 1. The fourth-order valence-electron chi connectivity index (χ4n) is 4.01. The molecule has 0 spiro atoms. The number of rotatable bonds is 6. The molecule has 0 bridgehead atoms. The summed E-state index contributed by atoms with van der Waals surface area (Å²) in [6.45, 7) is 3.88. The molecule has 0 amide bonds. The molecule has 4 heterocycles. The molecule has 0 saturated carbocycles.